The summed E-state index contributed by atoms with van der Waals surface area (Å²) in [6.45, 7) is 0.434. The van der Waals surface area contributed by atoms with E-state index in [1.807, 2.05) is 24.3 Å². The maximum Gasteiger partial charge on any atom is 0.288 e. The molecule has 5 nitrogen and oxygen atoms in total. The number of rotatable bonds is 4. The van der Waals surface area contributed by atoms with Gasteiger partial charge in [-0.1, -0.05) is 12.1 Å². The molecule has 17 heavy (non-hydrogen) atoms. The van der Waals surface area contributed by atoms with Crippen LogP contribution in [0.3, 0.4) is 0 Å². The van der Waals surface area contributed by atoms with Crippen LogP contribution in [0.5, 0.6) is 5.75 Å². The number of ether oxygens (including phenoxy) is 1. The van der Waals surface area contributed by atoms with E-state index in [2.05, 4.69) is 10.3 Å². The molecule has 0 aliphatic heterocycles. The smallest absolute Gasteiger partial charge is 0.288 e. The van der Waals surface area contributed by atoms with Gasteiger partial charge in [0.05, 0.1) is 13.3 Å². The molecule has 1 N–H and O–H groups in total. The van der Waals surface area contributed by atoms with Crippen molar-refractivity contribution >= 4 is 5.91 Å². The average molecular weight is 232 g/mol. The number of aromatic nitrogens is 1. The molecular formula is C12H12N2O3. The van der Waals surface area contributed by atoms with Gasteiger partial charge in [0.2, 0.25) is 5.76 Å². The summed E-state index contributed by atoms with van der Waals surface area (Å²) < 4.78 is 9.92. The molecule has 1 heterocycles. The second-order valence-electron chi connectivity index (χ2n) is 3.40. The molecule has 0 radical (unpaired) electrons. The first-order valence-electron chi connectivity index (χ1n) is 5.09. The quantitative estimate of drug-likeness (QED) is 0.869. The normalized spacial score (nSPS) is 9.94. The molecule has 0 fully saturated rings. The number of hydrogen-bond acceptors (Lipinski definition) is 4. The number of methoxy groups -OCH3 is 1. The number of amides is 1. The van der Waals surface area contributed by atoms with Crippen molar-refractivity contribution in [2.45, 2.75) is 6.54 Å². The lowest BCUT2D eigenvalue weighted by molar-refractivity contribution is 0.0923. The zero-order valence-corrected chi connectivity index (χ0v) is 9.34. The van der Waals surface area contributed by atoms with E-state index >= 15 is 0 Å². The maximum absolute atomic E-state index is 11.5. The number of carbonyl (C=O) groups excluding carboxylic acids is 1. The number of benzene rings is 1. The Morgan fingerprint density at radius 2 is 2.18 bits per heavy atom. The van der Waals surface area contributed by atoms with E-state index in [-0.39, 0.29) is 11.7 Å². The van der Waals surface area contributed by atoms with Crippen LogP contribution in [-0.2, 0) is 6.54 Å². The summed E-state index contributed by atoms with van der Waals surface area (Å²) in [4.78, 5) is 15.2. The molecule has 5 heteroatoms. The van der Waals surface area contributed by atoms with Gasteiger partial charge in [-0.05, 0) is 17.7 Å². The Kier molecular flexibility index (Phi) is 3.40. The molecule has 2 rings (SSSR count). The number of carbonyl (C=O) groups is 1. The second kappa shape index (κ2) is 5.16. The number of oxazole rings is 1. The van der Waals surface area contributed by atoms with Crippen LogP contribution in [-0.4, -0.2) is 18.0 Å². The fourth-order valence-electron chi connectivity index (χ4n) is 1.34. The predicted octanol–water partition coefficient (Wildman–Crippen LogP) is 1.61. The first kappa shape index (κ1) is 11.2. The van der Waals surface area contributed by atoms with Crippen molar-refractivity contribution in [1.82, 2.24) is 10.3 Å². The van der Waals surface area contributed by atoms with Gasteiger partial charge in [-0.3, -0.25) is 4.79 Å². The van der Waals surface area contributed by atoms with E-state index in [0.29, 0.717) is 6.54 Å². The first-order valence-corrected chi connectivity index (χ1v) is 5.09. The number of nitrogens with one attached hydrogen (secondary N) is 1. The Hall–Kier alpha value is -2.30. The van der Waals surface area contributed by atoms with Crippen LogP contribution >= 0.6 is 0 Å². The van der Waals surface area contributed by atoms with E-state index < -0.39 is 0 Å². The van der Waals surface area contributed by atoms with Crippen LogP contribution in [0.15, 0.2) is 41.3 Å². The molecule has 0 unspecified atom stereocenters. The second-order valence-corrected chi connectivity index (χ2v) is 3.40. The predicted molar refractivity (Wildman–Crippen MR) is 60.7 cm³/mol. The van der Waals surface area contributed by atoms with Crippen LogP contribution in [0, 0.1) is 0 Å². The highest BCUT2D eigenvalue weighted by Crippen LogP contribution is 2.11. The summed E-state index contributed by atoms with van der Waals surface area (Å²) in [5.41, 5.74) is 0.985. The van der Waals surface area contributed by atoms with Crippen molar-refractivity contribution in [3.05, 3.63) is 48.2 Å². The maximum atomic E-state index is 11.5. The van der Waals surface area contributed by atoms with Crippen molar-refractivity contribution < 1.29 is 13.9 Å². The van der Waals surface area contributed by atoms with Gasteiger partial charge >= 0.3 is 0 Å². The summed E-state index contributed by atoms with van der Waals surface area (Å²) >= 11 is 0. The zero-order chi connectivity index (χ0) is 12.1. The van der Waals surface area contributed by atoms with Crippen LogP contribution < -0.4 is 10.1 Å². The molecule has 0 saturated carbocycles. The summed E-state index contributed by atoms with van der Waals surface area (Å²) in [5, 5.41) is 2.73. The Balaban J connectivity index is 1.91. The molecule has 2 aromatic rings. The van der Waals surface area contributed by atoms with Gasteiger partial charge < -0.3 is 14.5 Å². The lowest BCUT2D eigenvalue weighted by Crippen LogP contribution is -2.22. The van der Waals surface area contributed by atoms with Crippen molar-refractivity contribution in [2.24, 2.45) is 0 Å². The fraction of sp³-hybridized carbons (Fsp3) is 0.167. The van der Waals surface area contributed by atoms with E-state index in [0.717, 1.165) is 11.3 Å². The molecule has 0 saturated heterocycles. The van der Waals surface area contributed by atoms with Crippen LogP contribution in [0.2, 0.25) is 0 Å². The zero-order valence-electron chi connectivity index (χ0n) is 9.34. The Morgan fingerprint density at radius 3 is 2.76 bits per heavy atom. The largest absolute Gasteiger partial charge is 0.497 e. The first-order chi connectivity index (χ1) is 8.29. The molecule has 0 aliphatic rings. The van der Waals surface area contributed by atoms with Crippen LogP contribution in [0.4, 0.5) is 0 Å². The Labute approximate surface area is 98.4 Å². The fourth-order valence-corrected chi connectivity index (χ4v) is 1.34. The minimum Gasteiger partial charge on any atom is -0.497 e. The van der Waals surface area contributed by atoms with Crippen molar-refractivity contribution in [3.63, 3.8) is 0 Å². The average Bonchev–Trinajstić information content (AvgIpc) is 2.90. The molecule has 88 valence electrons. The number of hydrogen-bond donors (Lipinski definition) is 1. The van der Waals surface area contributed by atoms with Gasteiger partial charge in [0.25, 0.3) is 5.91 Å². The topological polar surface area (TPSA) is 64.4 Å². The van der Waals surface area contributed by atoms with Crippen LogP contribution in [0.1, 0.15) is 16.1 Å². The summed E-state index contributed by atoms with van der Waals surface area (Å²) in [5.74, 6) is 0.715. The molecule has 1 aromatic carbocycles. The highest BCUT2D eigenvalue weighted by atomic mass is 16.5. The van der Waals surface area contributed by atoms with Crippen molar-refractivity contribution in [1.29, 1.82) is 0 Å². The molecular weight excluding hydrogens is 220 g/mol. The van der Waals surface area contributed by atoms with Crippen molar-refractivity contribution in [3.8, 4) is 5.75 Å². The third-order valence-corrected chi connectivity index (χ3v) is 2.27. The van der Waals surface area contributed by atoms with Gasteiger partial charge in [0.15, 0.2) is 6.39 Å². The highest BCUT2D eigenvalue weighted by Gasteiger charge is 2.08. The van der Waals surface area contributed by atoms with Gasteiger partial charge in [-0.2, -0.15) is 0 Å². The Morgan fingerprint density at radius 1 is 1.41 bits per heavy atom. The SMILES string of the molecule is COc1ccc(CNC(=O)c2cnco2)cc1. The third-order valence-electron chi connectivity index (χ3n) is 2.27. The van der Waals surface area contributed by atoms with Gasteiger partial charge in [0.1, 0.15) is 5.75 Å². The monoisotopic (exact) mass is 232 g/mol. The minimum absolute atomic E-state index is 0.207. The standard InChI is InChI=1S/C12H12N2O3/c1-16-10-4-2-9(3-5-10)6-14-12(15)11-7-13-8-17-11/h2-5,7-8H,6H2,1H3,(H,14,15). The minimum atomic E-state index is -0.279. The molecule has 0 bridgehead atoms. The summed E-state index contributed by atoms with van der Waals surface area (Å²) in [6.07, 6.45) is 2.60. The summed E-state index contributed by atoms with van der Waals surface area (Å²) in [6, 6.07) is 7.46. The van der Waals surface area contributed by atoms with E-state index in [1.165, 1.54) is 12.6 Å². The Bertz CT molecular complexity index is 477. The van der Waals surface area contributed by atoms with E-state index in [1.54, 1.807) is 7.11 Å². The molecule has 0 spiro atoms. The van der Waals surface area contributed by atoms with Gasteiger partial charge in [-0.15, -0.1) is 0 Å². The van der Waals surface area contributed by atoms with Crippen LogP contribution in [0.25, 0.3) is 0 Å². The molecule has 0 atom stereocenters. The van der Waals surface area contributed by atoms with Gasteiger partial charge in [-0.25, -0.2) is 4.98 Å². The van der Waals surface area contributed by atoms with E-state index in [4.69, 9.17) is 9.15 Å². The lowest BCUT2D eigenvalue weighted by Gasteiger charge is -2.04. The molecule has 1 aromatic heterocycles. The van der Waals surface area contributed by atoms with Crippen molar-refractivity contribution in [2.75, 3.05) is 7.11 Å². The third kappa shape index (κ3) is 2.84. The van der Waals surface area contributed by atoms with E-state index in [9.17, 15) is 4.79 Å². The number of nitrogens with zero attached hydrogens (tertiary/aromatic N) is 1. The lowest BCUT2D eigenvalue weighted by atomic mass is 10.2. The van der Waals surface area contributed by atoms with Gasteiger partial charge in [0, 0.05) is 6.54 Å². The molecule has 0 aliphatic carbocycles. The summed E-state index contributed by atoms with van der Waals surface area (Å²) in [7, 11) is 1.61. The highest BCUT2D eigenvalue weighted by molar-refractivity contribution is 5.90. The molecule has 1 amide bonds.